The Balaban J connectivity index is 1.83. The van der Waals surface area contributed by atoms with Crippen molar-refractivity contribution in [2.45, 2.75) is 31.7 Å². The highest BCUT2D eigenvalue weighted by atomic mass is 16.5. The minimum Gasteiger partial charge on any atom is -0.384 e. The fourth-order valence-corrected chi connectivity index (χ4v) is 2.42. The zero-order valence-corrected chi connectivity index (χ0v) is 11.1. The van der Waals surface area contributed by atoms with Gasteiger partial charge in [-0.1, -0.05) is 0 Å². The second-order valence-corrected chi connectivity index (χ2v) is 4.98. The van der Waals surface area contributed by atoms with Gasteiger partial charge in [-0.25, -0.2) is 9.97 Å². The Bertz CT molecular complexity index is 413. The third kappa shape index (κ3) is 3.89. The highest BCUT2D eigenvalue weighted by Gasteiger charge is 2.21. The van der Waals surface area contributed by atoms with E-state index in [2.05, 4.69) is 15.3 Å². The lowest BCUT2D eigenvalue weighted by Crippen LogP contribution is -2.28. The standard InChI is InChI=1S/C13H20N4O2/c1-19-8-9-2-4-11(5-3-9)17-13-15-6-10(7-16-13)12(14)18/h6-7,9,11H,2-5,8H2,1H3,(H2,14,18)(H,15,16,17). The van der Waals surface area contributed by atoms with Crippen LogP contribution in [-0.2, 0) is 4.74 Å². The second-order valence-electron chi connectivity index (χ2n) is 4.98. The van der Waals surface area contributed by atoms with Gasteiger partial charge in [0.25, 0.3) is 5.91 Å². The maximum atomic E-state index is 10.9. The van der Waals surface area contributed by atoms with E-state index in [0.29, 0.717) is 23.5 Å². The highest BCUT2D eigenvalue weighted by Crippen LogP contribution is 2.25. The first-order valence-electron chi connectivity index (χ1n) is 6.56. The van der Waals surface area contributed by atoms with Gasteiger partial charge in [0.1, 0.15) is 0 Å². The molecule has 1 aromatic heterocycles. The molecule has 1 fully saturated rings. The van der Waals surface area contributed by atoms with E-state index in [4.69, 9.17) is 10.5 Å². The molecule has 0 atom stereocenters. The fraction of sp³-hybridized carbons (Fsp3) is 0.615. The van der Waals surface area contributed by atoms with Crippen molar-refractivity contribution >= 4 is 11.9 Å². The van der Waals surface area contributed by atoms with Crippen LogP contribution in [0.4, 0.5) is 5.95 Å². The summed E-state index contributed by atoms with van der Waals surface area (Å²) < 4.78 is 5.18. The lowest BCUT2D eigenvalue weighted by Gasteiger charge is -2.28. The van der Waals surface area contributed by atoms with Gasteiger partial charge in [-0.15, -0.1) is 0 Å². The van der Waals surface area contributed by atoms with Crippen LogP contribution in [0.5, 0.6) is 0 Å². The number of anilines is 1. The molecule has 6 heteroatoms. The Morgan fingerprint density at radius 3 is 2.53 bits per heavy atom. The maximum absolute atomic E-state index is 10.9. The van der Waals surface area contributed by atoms with Crippen molar-refractivity contribution in [1.29, 1.82) is 0 Å². The number of hydrogen-bond donors (Lipinski definition) is 2. The van der Waals surface area contributed by atoms with Crippen molar-refractivity contribution in [2.75, 3.05) is 19.0 Å². The first-order valence-corrected chi connectivity index (χ1v) is 6.56. The Morgan fingerprint density at radius 1 is 1.37 bits per heavy atom. The molecule has 0 spiro atoms. The molecule has 19 heavy (non-hydrogen) atoms. The van der Waals surface area contributed by atoms with Crippen molar-refractivity contribution in [2.24, 2.45) is 11.7 Å². The van der Waals surface area contributed by atoms with Crippen molar-refractivity contribution in [3.05, 3.63) is 18.0 Å². The van der Waals surface area contributed by atoms with Gasteiger partial charge in [-0.2, -0.15) is 0 Å². The number of aromatic nitrogens is 2. The molecule has 1 heterocycles. The largest absolute Gasteiger partial charge is 0.384 e. The maximum Gasteiger partial charge on any atom is 0.251 e. The summed E-state index contributed by atoms with van der Waals surface area (Å²) >= 11 is 0. The molecule has 1 aromatic rings. The molecule has 2 rings (SSSR count). The first kappa shape index (κ1) is 13.7. The third-order valence-corrected chi connectivity index (χ3v) is 3.52. The van der Waals surface area contributed by atoms with Crippen molar-refractivity contribution < 1.29 is 9.53 Å². The quantitative estimate of drug-likeness (QED) is 0.833. The van der Waals surface area contributed by atoms with Gasteiger partial charge in [0.15, 0.2) is 0 Å². The Labute approximate surface area is 112 Å². The molecule has 0 aromatic carbocycles. The fourth-order valence-electron chi connectivity index (χ4n) is 2.42. The van der Waals surface area contributed by atoms with Crippen LogP contribution in [0.25, 0.3) is 0 Å². The number of primary amides is 1. The molecule has 1 aliphatic rings. The first-order chi connectivity index (χ1) is 9.19. The molecule has 0 radical (unpaired) electrons. The van der Waals surface area contributed by atoms with Crippen molar-refractivity contribution in [3.8, 4) is 0 Å². The van der Waals surface area contributed by atoms with Gasteiger partial charge in [-0.3, -0.25) is 4.79 Å². The zero-order chi connectivity index (χ0) is 13.7. The number of amides is 1. The Hall–Kier alpha value is -1.69. The van der Waals surface area contributed by atoms with Crippen molar-refractivity contribution in [1.82, 2.24) is 9.97 Å². The minimum absolute atomic E-state index is 0.328. The second kappa shape index (κ2) is 6.47. The van der Waals surface area contributed by atoms with Gasteiger partial charge >= 0.3 is 0 Å². The van der Waals surface area contributed by atoms with Gasteiger partial charge in [0.2, 0.25) is 5.95 Å². The molecule has 6 nitrogen and oxygen atoms in total. The number of methoxy groups -OCH3 is 1. The summed E-state index contributed by atoms with van der Waals surface area (Å²) in [5, 5.41) is 3.29. The molecular weight excluding hydrogens is 244 g/mol. The lowest BCUT2D eigenvalue weighted by molar-refractivity contribution is 0.0999. The topological polar surface area (TPSA) is 90.1 Å². The average Bonchev–Trinajstić information content (AvgIpc) is 2.42. The predicted octanol–water partition coefficient (Wildman–Crippen LogP) is 1.19. The number of nitrogens with two attached hydrogens (primary N) is 1. The predicted molar refractivity (Wildman–Crippen MR) is 71.8 cm³/mol. The number of hydrogen-bond acceptors (Lipinski definition) is 5. The summed E-state index contributed by atoms with van der Waals surface area (Å²) in [5.41, 5.74) is 5.47. The lowest BCUT2D eigenvalue weighted by atomic mass is 9.86. The number of ether oxygens (including phenoxy) is 1. The van der Waals surface area contributed by atoms with E-state index in [9.17, 15) is 4.79 Å². The van der Waals surface area contributed by atoms with Gasteiger partial charge in [0, 0.05) is 32.2 Å². The molecule has 1 amide bonds. The van der Waals surface area contributed by atoms with E-state index >= 15 is 0 Å². The van der Waals surface area contributed by atoms with Crippen LogP contribution in [0.15, 0.2) is 12.4 Å². The number of nitrogens with one attached hydrogen (secondary N) is 1. The van der Waals surface area contributed by atoms with Crippen molar-refractivity contribution in [3.63, 3.8) is 0 Å². The number of carbonyl (C=O) groups is 1. The van der Waals surface area contributed by atoms with Crippen LogP contribution >= 0.6 is 0 Å². The van der Waals surface area contributed by atoms with Crippen LogP contribution in [0.3, 0.4) is 0 Å². The van der Waals surface area contributed by atoms with Crippen LogP contribution in [0, 0.1) is 5.92 Å². The van der Waals surface area contributed by atoms with E-state index in [-0.39, 0.29) is 0 Å². The van der Waals surface area contributed by atoms with E-state index in [0.717, 1.165) is 32.3 Å². The van der Waals surface area contributed by atoms with Crippen LogP contribution in [0.2, 0.25) is 0 Å². The number of carbonyl (C=O) groups excluding carboxylic acids is 1. The van der Waals surface area contributed by atoms with Crippen LogP contribution in [-0.4, -0.2) is 35.6 Å². The molecule has 0 aliphatic heterocycles. The molecule has 1 saturated carbocycles. The molecule has 0 unspecified atom stereocenters. The van der Waals surface area contributed by atoms with E-state index in [1.54, 1.807) is 7.11 Å². The SMILES string of the molecule is COCC1CCC(Nc2ncc(C(N)=O)cn2)CC1. The van der Waals surface area contributed by atoms with Crippen LogP contribution in [0.1, 0.15) is 36.0 Å². The minimum atomic E-state index is -0.508. The molecule has 3 N–H and O–H groups in total. The molecule has 0 bridgehead atoms. The third-order valence-electron chi connectivity index (χ3n) is 3.52. The molecular formula is C13H20N4O2. The van der Waals surface area contributed by atoms with Crippen LogP contribution < -0.4 is 11.1 Å². The number of rotatable bonds is 5. The Morgan fingerprint density at radius 2 is 2.00 bits per heavy atom. The summed E-state index contributed by atoms with van der Waals surface area (Å²) in [6.45, 7) is 0.844. The highest BCUT2D eigenvalue weighted by molar-refractivity contribution is 5.92. The summed E-state index contributed by atoms with van der Waals surface area (Å²) in [4.78, 5) is 19.1. The molecule has 104 valence electrons. The number of nitrogens with zero attached hydrogens (tertiary/aromatic N) is 2. The molecule has 1 aliphatic carbocycles. The summed E-state index contributed by atoms with van der Waals surface area (Å²) in [7, 11) is 1.75. The summed E-state index contributed by atoms with van der Waals surface area (Å²) in [5.74, 6) is 0.716. The smallest absolute Gasteiger partial charge is 0.251 e. The van der Waals surface area contributed by atoms with Gasteiger partial charge < -0.3 is 15.8 Å². The molecule has 0 saturated heterocycles. The Kier molecular flexibility index (Phi) is 4.68. The van der Waals surface area contributed by atoms with E-state index in [1.807, 2.05) is 0 Å². The van der Waals surface area contributed by atoms with Gasteiger partial charge in [-0.05, 0) is 31.6 Å². The summed E-state index contributed by atoms with van der Waals surface area (Å²) in [6, 6.07) is 0.396. The normalized spacial score (nSPS) is 23.0. The summed E-state index contributed by atoms with van der Waals surface area (Å²) in [6.07, 6.45) is 7.40. The van der Waals surface area contributed by atoms with E-state index < -0.39 is 5.91 Å². The average molecular weight is 264 g/mol. The van der Waals surface area contributed by atoms with Gasteiger partial charge in [0.05, 0.1) is 5.56 Å². The van der Waals surface area contributed by atoms with E-state index in [1.165, 1.54) is 12.4 Å². The monoisotopic (exact) mass is 264 g/mol. The zero-order valence-electron chi connectivity index (χ0n) is 11.1.